The molecule has 0 saturated carbocycles. The first-order valence-electron chi connectivity index (χ1n) is 7.21. The number of carbonyl (C=O) groups is 2. The molecule has 0 saturated heterocycles. The summed E-state index contributed by atoms with van der Waals surface area (Å²) < 4.78 is 49.9. The highest BCUT2D eigenvalue weighted by Gasteiger charge is 2.30. The van der Waals surface area contributed by atoms with Gasteiger partial charge < -0.3 is 19.2 Å². The standard InChI is InChI=1S/C17H14F3NO5/c1-10-14(16(23)24-2)9-13(25-10)7-8-15(22)21-11-3-5-12(6-4-11)26-17(18,19)20/h3-9H,1-2H3,(H,21,22)/b8-7+. The second-order valence-corrected chi connectivity index (χ2v) is 5.00. The van der Waals surface area contributed by atoms with Crippen LogP contribution in [0.25, 0.3) is 6.08 Å². The first-order valence-corrected chi connectivity index (χ1v) is 7.21. The van der Waals surface area contributed by atoms with Gasteiger partial charge in [0.2, 0.25) is 5.91 Å². The van der Waals surface area contributed by atoms with Gasteiger partial charge >= 0.3 is 12.3 Å². The molecule has 1 amide bonds. The van der Waals surface area contributed by atoms with E-state index in [2.05, 4.69) is 14.8 Å². The normalized spacial score (nSPS) is 11.4. The number of alkyl halides is 3. The van der Waals surface area contributed by atoms with Crippen molar-refractivity contribution >= 4 is 23.6 Å². The van der Waals surface area contributed by atoms with Gasteiger partial charge in [0, 0.05) is 11.8 Å². The molecule has 0 aliphatic carbocycles. The third-order valence-corrected chi connectivity index (χ3v) is 3.10. The molecule has 138 valence electrons. The van der Waals surface area contributed by atoms with Crippen molar-refractivity contribution in [1.29, 1.82) is 0 Å². The highest BCUT2D eigenvalue weighted by molar-refractivity contribution is 6.02. The molecule has 0 unspecified atom stereocenters. The molecule has 0 spiro atoms. The lowest BCUT2D eigenvalue weighted by Gasteiger charge is -2.09. The van der Waals surface area contributed by atoms with E-state index >= 15 is 0 Å². The average Bonchev–Trinajstić information content (AvgIpc) is 2.93. The minimum absolute atomic E-state index is 0.243. The highest BCUT2D eigenvalue weighted by atomic mass is 19.4. The highest BCUT2D eigenvalue weighted by Crippen LogP contribution is 2.24. The summed E-state index contributed by atoms with van der Waals surface area (Å²) in [6, 6.07) is 6.10. The van der Waals surface area contributed by atoms with E-state index in [1.54, 1.807) is 6.92 Å². The number of hydrogen-bond acceptors (Lipinski definition) is 5. The molecule has 1 aromatic carbocycles. The van der Waals surface area contributed by atoms with Crippen molar-refractivity contribution in [2.75, 3.05) is 12.4 Å². The first-order chi connectivity index (χ1) is 12.2. The van der Waals surface area contributed by atoms with Crippen LogP contribution in [0.15, 0.2) is 40.8 Å². The maximum atomic E-state index is 12.1. The van der Waals surface area contributed by atoms with Crippen molar-refractivity contribution in [3.63, 3.8) is 0 Å². The van der Waals surface area contributed by atoms with Gasteiger partial charge in [-0.05, 0) is 43.3 Å². The molecule has 6 nitrogen and oxygen atoms in total. The lowest BCUT2D eigenvalue weighted by atomic mass is 10.2. The SMILES string of the molecule is COC(=O)c1cc(/C=C/C(=O)Nc2ccc(OC(F)(F)F)cc2)oc1C. The van der Waals surface area contributed by atoms with Gasteiger partial charge in [-0.1, -0.05) is 0 Å². The third-order valence-electron chi connectivity index (χ3n) is 3.10. The third kappa shape index (κ3) is 5.40. The van der Waals surface area contributed by atoms with Gasteiger partial charge in [0.1, 0.15) is 22.8 Å². The molecule has 0 aliphatic rings. The predicted molar refractivity (Wildman–Crippen MR) is 85.6 cm³/mol. The van der Waals surface area contributed by atoms with Gasteiger partial charge in [-0.2, -0.15) is 0 Å². The van der Waals surface area contributed by atoms with E-state index in [0.29, 0.717) is 5.76 Å². The van der Waals surface area contributed by atoms with Crippen LogP contribution in [0.2, 0.25) is 0 Å². The second-order valence-electron chi connectivity index (χ2n) is 5.00. The van der Waals surface area contributed by atoms with Crippen molar-refractivity contribution in [2.45, 2.75) is 13.3 Å². The summed E-state index contributed by atoms with van der Waals surface area (Å²) in [5, 5.41) is 2.46. The summed E-state index contributed by atoms with van der Waals surface area (Å²) in [6.45, 7) is 1.58. The Labute approximate surface area is 146 Å². The van der Waals surface area contributed by atoms with Gasteiger partial charge in [0.25, 0.3) is 0 Å². The lowest BCUT2D eigenvalue weighted by molar-refractivity contribution is -0.274. The zero-order valence-electron chi connectivity index (χ0n) is 13.7. The quantitative estimate of drug-likeness (QED) is 0.638. The smallest absolute Gasteiger partial charge is 0.465 e. The van der Waals surface area contributed by atoms with E-state index in [1.165, 1.54) is 31.4 Å². The van der Waals surface area contributed by atoms with E-state index in [4.69, 9.17) is 4.42 Å². The number of ether oxygens (including phenoxy) is 2. The number of methoxy groups -OCH3 is 1. The summed E-state index contributed by atoms with van der Waals surface area (Å²) in [7, 11) is 1.24. The largest absolute Gasteiger partial charge is 0.573 e. The van der Waals surface area contributed by atoms with Crippen LogP contribution in [-0.4, -0.2) is 25.3 Å². The number of aryl methyl sites for hydroxylation is 1. The number of rotatable bonds is 5. The number of halogens is 3. The topological polar surface area (TPSA) is 77.8 Å². The van der Waals surface area contributed by atoms with Crippen molar-refractivity contribution < 1.29 is 36.7 Å². The Morgan fingerprint density at radius 2 is 1.85 bits per heavy atom. The van der Waals surface area contributed by atoms with E-state index in [0.717, 1.165) is 18.2 Å². The zero-order valence-corrected chi connectivity index (χ0v) is 13.7. The molecule has 9 heteroatoms. The molecule has 0 radical (unpaired) electrons. The molecular weight excluding hydrogens is 355 g/mol. The van der Waals surface area contributed by atoms with Crippen LogP contribution >= 0.6 is 0 Å². The lowest BCUT2D eigenvalue weighted by Crippen LogP contribution is -2.17. The molecule has 0 fully saturated rings. The predicted octanol–water partition coefficient (Wildman–Crippen LogP) is 3.93. The molecule has 0 aliphatic heterocycles. The summed E-state index contributed by atoms with van der Waals surface area (Å²) in [6.07, 6.45) is -2.28. The molecule has 26 heavy (non-hydrogen) atoms. The minimum atomic E-state index is -4.78. The second kappa shape index (κ2) is 7.77. The van der Waals surface area contributed by atoms with Crippen LogP contribution in [0.3, 0.4) is 0 Å². The van der Waals surface area contributed by atoms with Crippen LogP contribution in [0, 0.1) is 6.92 Å². The van der Waals surface area contributed by atoms with Gasteiger partial charge in [0.15, 0.2) is 0 Å². The van der Waals surface area contributed by atoms with Crippen molar-refractivity contribution in [3.05, 3.63) is 53.5 Å². The molecular formula is C17H14F3NO5. The van der Waals surface area contributed by atoms with E-state index in [-0.39, 0.29) is 17.0 Å². The molecule has 0 atom stereocenters. The maximum Gasteiger partial charge on any atom is 0.573 e. The Kier molecular flexibility index (Phi) is 5.71. The summed E-state index contributed by atoms with van der Waals surface area (Å²) in [5.74, 6) is -0.878. The zero-order chi connectivity index (χ0) is 19.3. The average molecular weight is 369 g/mol. The fraction of sp³-hybridized carbons (Fsp3) is 0.176. The van der Waals surface area contributed by atoms with Gasteiger partial charge in [0.05, 0.1) is 7.11 Å². The van der Waals surface area contributed by atoms with E-state index in [9.17, 15) is 22.8 Å². The molecule has 2 aromatic rings. The molecule has 1 N–H and O–H groups in total. The van der Waals surface area contributed by atoms with Gasteiger partial charge in [-0.15, -0.1) is 13.2 Å². The number of nitrogens with one attached hydrogen (secondary N) is 1. The molecule has 2 rings (SSSR count). The van der Waals surface area contributed by atoms with Gasteiger partial charge in [-0.3, -0.25) is 4.79 Å². The Hall–Kier alpha value is -3.23. The van der Waals surface area contributed by atoms with Gasteiger partial charge in [-0.25, -0.2) is 4.79 Å². The number of amides is 1. The Morgan fingerprint density at radius 3 is 2.42 bits per heavy atom. The number of furan rings is 1. The van der Waals surface area contributed by atoms with E-state index in [1.807, 2.05) is 0 Å². The Balaban J connectivity index is 1.98. The minimum Gasteiger partial charge on any atom is -0.465 e. The fourth-order valence-electron chi connectivity index (χ4n) is 1.98. The number of hydrogen-bond donors (Lipinski definition) is 1. The van der Waals surface area contributed by atoms with Crippen LogP contribution in [-0.2, 0) is 9.53 Å². The molecule has 1 heterocycles. The fourth-order valence-corrected chi connectivity index (χ4v) is 1.98. The monoisotopic (exact) mass is 369 g/mol. The van der Waals surface area contributed by atoms with Crippen molar-refractivity contribution in [3.8, 4) is 5.75 Å². The maximum absolute atomic E-state index is 12.1. The molecule has 1 aromatic heterocycles. The number of carbonyl (C=O) groups excluding carboxylic acids is 2. The summed E-state index contributed by atoms with van der Waals surface area (Å²) in [5.41, 5.74) is 0.521. The Morgan fingerprint density at radius 1 is 1.19 bits per heavy atom. The van der Waals surface area contributed by atoms with Crippen LogP contribution in [0.5, 0.6) is 5.75 Å². The van der Waals surface area contributed by atoms with Crippen molar-refractivity contribution in [2.24, 2.45) is 0 Å². The summed E-state index contributed by atoms with van der Waals surface area (Å²) in [4.78, 5) is 23.3. The summed E-state index contributed by atoms with van der Waals surface area (Å²) >= 11 is 0. The van der Waals surface area contributed by atoms with E-state index < -0.39 is 24.0 Å². The number of anilines is 1. The first kappa shape index (κ1) is 19.1. The molecule has 0 bridgehead atoms. The van der Waals surface area contributed by atoms with Crippen molar-refractivity contribution in [1.82, 2.24) is 0 Å². The Bertz CT molecular complexity index is 822. The number of esters is 1. The number of benzene rings is 1. The van der Waals surface area contributed by atoms with Crippen LogP contribution < -0.4 is 10.1 Å². The van der Waals surface area contributed by atoms with Crippen LogP contribution in [0.4, 0.5) is 18.9 Å². The van der Waals surface area contributed by atoms with Crippen LogP contribution in [0.1, 0.15) is 21.9 Å².